The highest BCUT2D eigenvalue weighted by molar-refractivity contribution is 9.11. The Bertz CT molecular complexity index is 1680. The number of carbonyl (C=O) groups is 4. The molecule has 2 fully saturated rings. The molecule has 6 rings (SSSR count). The van der Waals surface area contributed by atoms with E-state index in [0.717, 1.165) is 18.8 Å². The molecular formula is C40H49BrN4O7. The minimum atomic E-state index is -1.42. The standard InChI is InChI=1S/C40H49BrN4O7/c1-4-43(5-2)28-18-20-29(21-19-28)44-22-12-7-11-17-31(47)42-26(3)34(27-15-9-6-10-16-27)51-39(50)32-33-37(48)45(23-13-8-14-24-46)36(38(44)49)40(33)25-30(41)35(32)52-40/h6-7,9-10,12,15-16,18-21,25-26,32-36,46H,4-5,8,11,13-14,17,22-24H2,1-3H3,(H,42,47)/b12-7-/t26-,32+,33-,34+,35+,36+,40-/m0/s1. The fourth-order valence-electron chi connectivity index (χ4n) is 8.20. The van der Waals surface area contributed by atoms with Crippen molar-refractivity contribution in [3.05, 3.63) is 82.9 Å². The molecule has 4 aliphatic rings. The van der Waals surface area contributed by atoms with Gasteiger partial charge in [0.15, 0.2) is 0 Å². The monoisotopic (exact) mass is 776 g/mol. The van der Waals surface area contributed by atoms with Crippen molar-refractivity contribution in [2.45, 2.75) is 82.8 Å². The molecule has 0 aliphatic carbocycles. The zero-order chi connectivity index (χ0) is 37.0. The maximum absolute atomic E-state index is 15.2. The highest BCUT2D eigenvalue weighted by Gasteiger charge is 2.75. The first kappa shape index (κ1) is 37.7. The minimum absolute atomic E-state index is 0.0301. The van der Waals surface area contributed by atoms with Crippen molar-refractivity contribution in [1.82, 2.24) is 10.2 Å². The molecule has 0 aromatic heterocycles. The summed E-state index contributed by atoms with van der Waals surface area (Å²) < 4.78 is 13.6. The molecule has 12 heteroatoms. The molecule has 0 unspecified atom stereocenters. The van der Waals surface area contributed by atoms with Gasteiger partial charge in [0.25, 0.3) is 5.91 Å². The number of likely N-dealkylation sites (tertiary alicyclic amines) is 1. The molecule has 7 atom stereocenters. The van der Waals surface area contributed by atoms with Crippen LogP contribution in [0.2, 0.25) is 0 Å². The zero-order valence-corrected chi connectivity index (χ0v) is 31.7. The van der Waals surface area contributed by atoms with Gasteiger partial charge in [-0.2, -0.15) is 0 Å². The number of carbonyl (C=O) groups excluding carboxylic acids is 4. The van der Waals surface area contributed by atoms with E-state index in [1.165, 1.54) is 0 Å². The van der Waals surface area contributed by atoms with Gasteiger partial charge in [0.1, 0.15) is 29.8 Å². The SMILES string of the molecule is CCN(CC)c1ccc(N2C/C=C\CCC(=O)N[C@@H](C)[C@H](c3ccccc3)OC(=O)[C@H]3[C@@H]4O[C@@]5(C=C4Br)[C@@H]3C(=O)N(CCCCCO)[C@@H]5C2=O)cc1. The smallest absolute Gasteiger partial charge is 0.313 e. The molecular weight excluding hydrogens is 728 g/mol. The average molecular weight is 778 g/mol. The third-order valence-electron chi connectivity index (χ3n) is 10.8. The van der Waals surface area contributed by atoms with Crippen molar-refractivity contribution in [2.75, 3.05) is 42.6 Å². The average Bonchev–Trinajstić information content (AvgIpc) is 3.74. The summed E-state index contributed by atoms with van der Waals surface area (Å²) in [5.41, 5.74) is 0.966. The lowest BCUT2D eigenvalue weighted by atomic mass is 9.74. The van der Waals surface area contributed by atoms with Gasteiger partial charge in [0.2, 0.25) is 11.8 Å². The van der Waals surface area contributed by atoms with E-state index in [4.69, 9.17) is 9.47 Å². The second-order valence-corrected chi connectivity index (χ2v) is 14.8. The van der Waals surface area contributed by atoms with Gasteiger partial charge in [0, 0.05) is 55.1 Å². The number of allylic oxidation sites excluding steroid dienone is 1. The second kappa shape index (κ2) is 16.3. The van der Waals surface area contributed by atoms with Crippen LogP contribution >= 0.6 is 15.9 Å². The largest absolute Gasteiger partial charge is 0.455 e. The van der Waals surface area contributed by atoms with Crippen LogP contribution in [0.25, 0.3) is 0 Å². The van der Waals surface area contributed by atoms with Crippen LogP contribution in [0.15, 0.2) is 77.3 Å². The first-order valence-corrected chi connectivity index (χ1v) is 19.3. The lowest BCUT2D eigenvalue weighted by Crippen LogP contribution is -2.56. The number of cyclic esters (lactones) is 1. The summed E-state index contributed by atoms with van der Waals surface area (Å²) in [6.45, 7) is 8.14. The number of rotatable bonds is 10. The number of benzene rings is 2. The lowest BCUT2D eigenvalue weighted by Gasteiger charge is -2.36. The first-order chi connectivity index (χ1) is 25.1. The van der Waals surface area contributed by atoms with Crippen molar-refractivity contribution >= 4 is 51.0 Å². The Kier molecular flexibility index (Phi) is 11.9. The predicted molar refractivity (Wildman–Crippen MR) is 202 cm³/mol. The summed E-state index contributed by atoms with van der Waals surface area (Å²) in [6.07, 6.45) is 6.36. The van der Waals surface area contributed by atoms with E-state index in [2.05, 4.69) is 40.0 Å². The van der Waals surface area contributed by atoms with Gasteiger partial charge in [-0.3, -0.25) is 19.2 Å². The summed E-state index contributed by atoms with van der Waals surface area (Å²) >= 11 is 3.64. The summed E-state index contributed by atoms with van der Waals surface area (Å²) in [7, 11) is 0. The molecule has 2 N–H and O–H groups in total. The Labute approximate surface area is 314 Å². The quantitative estimate of drug-likeness (QED) is 0.195. The fourth-order valence-corrected chi connectivity index (χ4v) is 8.93. The van der Waals surface area contributed by atoms with Crippen LogP contribution < -0.4 is 15.1 Å². The van der Waals surface area contributed by atoms with Crippen LogP contribution in [0, 0.1) is 11.8 Å². The van der Waals surface area contributed by atoms with Crippen LogP contribution in [0.5, 0.6) is 0 Å². The predicted octanol–water partition coefficient (Wildman–Crippen LogP) is 5.04. The molecule has 1 spiro atoms. The maximum Gasteiger partial charge on any atom is 0.313 e. The summed E-state index contributed by atoms with van der Waals surface area (Å²) in [6, 6.07) is 15.4. The maximum atomic E-state index is 15.2. The molecule has 5 bridgehead atoms. The van der Waals surface area contributed by atoms with Crippen molar-refractivity contribution in [3.63, 3.8) is 0 Å². The molecule has 4 aliphatic heterocycles. The summed E-state index contributed by atoms with van der Waals surface area (Å²) in [4.78, 5) is 62.8. The number of esters is 1. The van der Waals surface area contributed by atoms with E-state index < -0.39 is 47.7 Å². The van der Waals surface area contributed by atoms with E-state index in [1.807, 2.05) is 72.8 Å². The number of amides is 3. The van der Waals surface area contributed by atoms with Gasteiger partial charge >= 0.3 is 5.97 Å². The number of aliphatic hydroxyl groups excluding tert-OH is 1. The zero-order valence-electron chi connectivity index (χ0n) is 30.1. The molecule has 3 amide bonds. The van der Waals surface area contributed by atoms with Gasteiger partial charge in [-0.1, -0.05) is 58.4 Å². The van der Waals surface area contributed by atoms with Crippen molar-refractivity contribution in [1.29, 1.82) is 0 Å². The number of halogens is 1. The summed E-state index contributed by atoms with van der Waals surface area (Å²) in [5, 5.41) is 12.5. The molecule has 52 heavy (non-hydrogen) atoms. The van der Waals surface area contributed by atoms with Crippen LogP contribution in [0.3, 0.4) is 0 Å². The van der Waals surface area contributed by atoms with E-state index in [1.54, 1.807) is 16.7 Å². The third-order valence-corrected chi connectivity index (χ3v) is 11.4. The van der Waals surface area contributed by atoms with Gasteiger partial charge in [-0.15, -0.1) is 0 Å². The number of hydrogen-bond acceptors (Lipinski definition) is 8. The number of nitrogens with one attached hydrogen (secondary N) is 1. The lowest BCUT2D eigenvalue weighted by molar-refractivity contribution is -0.161. The number of ether oxygens (including phenoxy) is 2. The Hall–Kier alpha value is -4.00. The van der Waals surface area contributed by atoms with Crippen molar-refractivity contribution in [2.24, 2.45) is 11.8 Å². The first-order valence-electron chi connectivity index (χ1n) is 18.5. The molecule has 0 radical (unpaired) electrons. The topological polar surface area (TPSA) is 129 Å². The van der Waals surface area contributed by atoms with Crippen molar-refractivity contribution < 1.29 is 33.8 Å². The van der Waals surface area contributed by atoms with Gasteiger partial charge in [-0.25, -0.2) is 0 Å². The Balaban J connectivity index is 1.44. The molecule has 2 aromatic carbocycles. The van der Waals surface area contributed by atoms with E-state index >= 15 is 4.79 Å². The number of fused-ring (bicyclic) bond motifs is 2. The van der Waals surface area contributed by atoms with Crippen molar-refractivity contribution in [3.8, 4) is 0 Å². The Morgan fingerprint density at radius 2 is 1.67 bits per heavy atom. The van der Waals surface area contributed by atoms with Gasteiger partial charge in [0.05, 0.1) is 12.0 Å². The second-order valence-electron chi connectivity index (χ2n) is 13.9. The number of anilines is 2. The van der Waals surface area contributed by atoms with Crippen LogP contribution in [0.4, 0.5) is 11.4 Å². The molecule has 2 saturated heterocycles. The molecule has 11 nitrogen and oxygen atoms in total. The molecule has 2 aromatic rings. The molecule has 278 valence electrons. The molecule has 0 saturated carbocycles. The summed E-state index contributed by atoms with van der Waals surface area (Å²) in [5.74, 6) is -3.53. The number of aliphatic hydroxyl groups is 1. The number of hydrogen-bond donors (Lipinski definition) is 2. The van der Waals surface area contributed by atoms with E-state index in [9.17, 15) is 19.5 Å². The third kappa shape index (κ3) is 7.17. The van der Waals surface area contributed by atoms with E-state index in [0.29, 0.717) is 41.4 Å². The van der Waals surface area contributed by atoms with Gasteiger partial charge in [-0.05, 0) is 82.4 Å². The minimum Gasteiger partial charge on any atom is -0.455 e. The molecule has 4 heterocycles. The number of nitrogens with zero attached hydrogens (tertiary/aromatic N) is 3. The highest BCUT2D eigenvalue weighted by atomic mass is 79.9. The van der Waals surface area contributed by atoms with Gasteiger partial charge < -0.3 is 34.6 Å². The van der Waals surface area contributed by atoms with Crippen LogP contribution in [-0.2, 0) is 28.7 Å². The Morgan fingerprint density at radius 1 is 0.942 bits per heavy atom. The highest BCUT2D eigenvalue weighted by Crippen LogP contribution is 2.59. The fraction of sp³-hybridized carbons (Fsp3) is 0.500. The van der Waals surface area contributed by atoms with Crippen LogP contribution in [-0.4, -0.2) is 90.3 Å². The van der Waals surface area contributed by atoms with E-state index in [-0.39, 0.29) is 43.8 Å². The Morgan fingerprint density at radius 3 is 2.37 bits per heavy atom. The normalized spacial score (nSPS) is 29.8. The van der Waals surface area contributed by atoms with Crippen LogP contribution in [0.1, 0.15) is 64.5 Å². The number of unbranched alkanes of at least 4 members (excludes halogenated alkanes) is 2.